The summed E-state index contributed by atoms with van der Waals surface area (Å²) >= 11 is 0. The molecule has 2 N–H and O–H groups in total. The molecule has 0 bridgehead atoms. The fourth-order valence-electron chi connectivity index (χ4n) is 3.28. The zero-order valence-electron chi connectivity index (χ0n) is 12.7. The van der Waals surface area contributed by atoms with Crippen LogP contribution >= 0.6 is 0 Å². The Morgan fingerprint density at radius 2 is 2.09 bits per heavy atom. The molecule has 3 rings (SSSR count). The number of hydrogen-bond acceptors (Lipinski definition) is 2. The number of carbonyl (C=O) groups excluding carboxylic acids is 1. The van der Waals surface area contributed by atoms with Crippen LogP contribution in [0.25, 0.3) is 0 Å². The summed E-state index contributed by atoms with van der Waals surface area (Å²) in [7, 11) is 0. The molecule has 1 saturated heterocycles. The van der Waals surface area contributed by atoms with E-state index in [-0.39, 0.29) is 29.8 Å². The summed E-state index contributed by atoms with van der Waals surface area (Å²) < 4.78 is 13.0. The van der Waals surface area contributed by atoms with Crippen molar-refractivity contribution in [3.8, 4) is 0 Å². The minimum absolute atomic E-state index is 0.0183. The number of nitrogens with one attached hydrogen (secondary N) is 1. The lowest BCUT2D eigenvalue weighted by atomic mass is 9.96. The molecule has 1 unspecified atom stereocenters. The van der Waals surface area contributed by atoms with E-state index in [2.05, 4.69) is 5.32 Å². The van der Waals surface area contributed by atoms with Crippen molar-refractivity contribution in [1.29, 1.82) is 0 Å². The Morgan fingerprint density at radius 3 is 2.73 bits per heavy atom. The van der Waals surface area contributed by atoms with Gasteiger partial charge in [-0.3, -0.25) is 0 Å². The molecule has 22 heavy (non-hydrogen) atoms. The summed E-state index contributed by atoms with van der Waals surface area (Å²) in [6, 6.07) is 6.54. The van der Waals surface area contributed by atoms with E-state index in [1.807, 2.05) is 12.1 Å². The molecule has 1 heterocycles. The maximum Gasteiger partial charge on any atom is 0.317 e. The van der Waals surface area contributed by atoms with Gasteiger partial charge in [0.1, 0.15) is 5.82 Å². The van der Waals surface area contributed by atoms with E-state index in [1.54, 1.807) is 4.90 Å². The number of halogens is 1. The molecular weight excluding hydrogens is 283 g/mol. The molecule has 5 heteroatoms. The molecule has 2 amide bonds. The van der Waals surface area contributed by atoms with Gasteiger partial charge in [-0.15, -0.1) is 0 Å². The van der Waals surface area contributed by atoms with Crippen LogP contribution in [0.4, 0.5) is 9.18 Å². The van der Waals surface area contributed by atoms with Gasteiger partial charge in [0.2, 0.25) is 0 Å². The van der Waals surface area contributed by atoms with Gasteiger partial charge in [0, 0.05) is 31.7 Å². The first-order valence-electron chi connectivity index (χ1n) is 8.03. The van der Waals surface area contributed by atoms with Gasteiger partial charge in [-0.1, -0.05) is 12.1 Å². The van der Waals surface area contributed by atoms with Crippen molar-refractivity contribution in [1.82, 2.24) is 10.2 Å². The Labute approximate surface area is 130 Å². The summed E-state index contributed by atoms with van der Waals surface area (Å²) in [5.41, 5.74) is 1.08. The standard InChI is InChI=1S/C17H23FN2O2/c18-15-5-3-14(4-6-15)17(7-8-17)12-19-16(22)20-9-1-2-13(10-20)11-21/h3-6,13,21H,1-2,7-12H2,(H,19,22). The average Bonchev–Trinajstić information content (AvgIpc) is 3.34. The summed E-state index contributed by atoms with van der Waals surface area (Å²) in [5, 5.41) is 12.3. The molecule has 0 radical (unpaired) electrons. The highest BCUT2D eigenvalue weighted by Gasteiger charge is 2.44. The van der Waals surface area contributed by atoms with E-state index in [4.69, 9.17) is 0 Å². The first kappa shape index (κ1) is 15.3. The molecule has 1 aliphatic carbocycles. The molecule has 120 valence electrons. The molecule has 0 aromatic heterocycles. The largest absolute Gasteiger partial charge is 0.396 e. The van der Waals surface area contributed by atoms with Gasteiger partial charge in [0.05, 0.1) is 0 Å². The minimum Gasteiger partial charge on any atom is -0.396 e. The monoisotopic (exact) mass is 306 g/mol. The summed E-state index contributed by atoms with van der Waals surface area (Å²) in [5.74, 6) is -0.0292. The van der Waals surface area contributed by atoms with Crippen LogP contribution in [0.15, 0.2) is 24.3 Å². The van der Waals surface area contributed by atoms with Gasteiger partial charge in [0.25, 0.3) is 0 Å². The number of aliphatic hydroxyl groups excluding tert-OH is 1. The van der Waals surface area contributed by atoms with Crippen LogP contribution in [0.2, 0.25) is 0 Å². The topological polar surface area (TPSA) is 52.6 Å². The third-order valence-electron chi connectivity index (χ3n) is 4.95. The second-order valence-electron chi connectivity index (χ2n) is 6.58. The van der Waals surface area contributed by atoms with Crippen molar-refractivity contribution in [2.45, 2.75) is 31.1 Å². The number of aliphatic hydroxyl groups is 1. The number of benzene rings is 1. The predicted octanol–water partition coefficient (Wildman–Crippen LogP) is 2.27. The van der Waals surface area contributed by atoms with Crippen molar-refractivity contribution in [2.24, 2.45) is 5.92 Å². The maximum atomic E-state index is 13.0. The highest BCUT2D eigenvalue weighted by Crippen LogP contribution is 2.47. The van der Waals surface area contributed by atoms with Crippen molar-refractivity contribution in [2.75, 3.05) is 26.2 Å². The Bertz CT molecular complexity index is 528. The molecule has 4 nitrogen and oxygen atoms in total. The van der Waals surface area contributed by atoms with Gasteiger partial charge < -0.3 is 15.3 Å². The first-order chi connectivity index (χ1) is 10.6. The summed E-state index contributed by atoms with van der Waals surface area (Å²) in [6.07, 6.45) is 3.98. The highest BCUT2D eigenvalue weighted by molar-refractivity contribution is 5.74. The number of carbonyl (C=O) groups is 1. The van der Waals surface area contributed by atoms with Gasteiger partial charge in [-0.25, -0.2) is 9.18 Å². The second-order valence-corrected chi connectivity index (χ2v) is 6.58. The predicted molar refractivity (Wildman–Crippen MR) is 82.1 cm³/mol. The SMILES string of the molecule is O=C(NCC1(c2ccc(F)cc2)CC1)N1CCCC(CO)C1. The van der Waals surface area contributed by atoms with E-state index >= 15 is 0 Å². The van der Waals surface area contributed by atoms with Gasteiger partial charge in [0.15, 0.2) is 0 Å². The molecular formula is C17H23FN2O2. The number of nitrogens with zero attached hydrogens (tertiary/aromatic N) is 1. The number of piperidine rings is 1. The van der Waals surface area contributed by atoms with Gasteiger partial charge >= 0.3 is 6.03 Å². The molecule has 1 saturated carbocycles. The number of urea groups is 1. The van der Waals surface area contributed by atoms with E-state index in [9.17, 15) is 14.3 Å². The van der Waals surface area contributed by atoms with Crippen LogP contribution in [0.5, 0.6) is 0 Å². The molecule has 1 aliphatic heterocycles. The van der Waals surface area contributed by atoms with Crippen LogP contribution in [-0.2, 0) is 5.41 Å². The van der Waals surface area contributed by atoms with Crippen molar-refractivity contribution < 1.29 is 14.3 Å². The van der Waals surface area contributed by atoms with E-state index in [0.717, 1.165) is 37.8 Å². The Kier molecular flexibility index (Phi) is 4.34. The fraction of sp³-hybridized carbons (Fsp3) is 0.588. The smallest absolute Gasteiger partial charge is 0.317 e. The number of likely N-dealkylation sites (tertiary alicyclic amines) is 1. The van der Waals surface area contributed by atoms with E-state index in [1.165, 1.54) is 12.1 Å². The van der Waals surface area contributed by atoms with Crippen molar-refractivity contribution in [3.63, 3.8) is 0 Å². The molecule has 1 aromatic carbocycles. The lowest BCUT2D eigenvalue weighted by Gasteiger charge is -2.32. The fourth-order valence-corrected chi connectivity index (χ4v) is 3.28. The zero-order valence-corrected chi connectivity index (χ0v) is 12.7. The Balaban J connectivity index is 1.55. The van der Waals surface area contributed by atoms with Crippen LogP contribution in [0.1, 0.15) is 31.2 Å². The maximum absolute atomic E-state index is 13.0. The minimum atomic E-state index is -0.230. The Morgan fingerprint density at radius 1 is 1.36 bits per heavy atom. The first-order valence-corrected chi connectivity index (χ1v) is 8.03. The van der Waals surface area contributed by atoms with Crippen LogP contribution in [-0.4, -0.2) is 42.3 Å². The quantitative estimate of drug-likeness (QED) is 0.896. The third kappa shape index (κ3) is 3.24. The van der Waals surface area contributed by atoms with Gasteiger partial charge in [-0.2, -0.15) is 0 Å². The molecule has 0 spiro atoms. The lowest BCUT2D eigenvalue weighted by Crippen LogP contribution is -2.47. The Hall–Kier alpha value is -1.62. The van der Waals surface area contributed by atoms with Crippen LogP contribution < -0.4 is 5.32 Å². The summed E-state index contributed by atoms with van der Waals surface area (Å²) in [4.78, 5) is 14.1. The molecule has 2 aliphatic rings. The van der Waals surface area contributed by atoms with Crippen molar-refractivity contribution >= 4 is 6.03 Å². The molecule has 2 fully saturated rings. The summed E-state index contributed by atoms with van der Waals surface area (Å²) in [6.45, 7) is 2.12. The normalized spacial score (nSPS) is 23.2. The highest BCUT2D eigenvalue weighted by atomic mass is 19.1. The average molecular weight is 306 g/mol. The van der Waals surface area contributed by atoms with E-state index in [0.29, 0.717) is 13.1 Å². The third-order valence-corrected chi connectivity index (χ3v) is 4.95. The second kappa shape index (κ2) is 6.24. The van der Waals surface area contributed by atoms with Crippen LogP contribution in [0, 0.1) is 11.7 Å². The lowest BCUT2D eigenvalue weighted by molar-refractivity contribution is 0.129. The van der Waals surface area contributed by atoms with E-state index < -0.39 is 0 Å². The molecule has 1 atom stereocenters. The van der Waals surface area contributed by atoms with Gasteiger partial charge in [-0.05, 0) is 49.3 Å². The van der Waals surface area contributed by atoms with Crippen LogP contribution in [0.3, 0.4) is 0 Å². The zero-order chi connectivity index (χ0) is 15.6. The number of amides is 2. The number of rotatable bonds is 4. The van der Waals surface area contributed by atoms with Crippen molar-refractivity contribution in [3.05, 3.63) is 35.6 Å². The number of hydrogen-bond donors (Lipinski definition) is 2. The molecule has 1 aromatic rings.